The number of nitrogens with zero attached hydrogens (tertiary/aromatic N) is 2. The molecule has 0 aromatic heterocycles. The van der Waals surface area contributed by atoms with Crippen molar-refractivity contribution in [2.75, 3.05) is 23.7 Å². The average molecular weight is 591 g/mol. The molecule has 0 fully saturated rings. The van der Waals surface area contributed by atoms with Crippen LogP contribution in [0.25, 0.3) is 0 Å². The number of anilines is 1. The van der Waals surface area contributed by atoms with Crippen LogP contribution in [0, 0.1) is 13.8 Å². The maximum absolute atomic E-state index is 14.1. The second kappa shape index (κ2) is 13.3. The molecule has 0 radical (unpaired) electrons. The number of hydrogen-bond acceptors (Lipinski definition) is 4. The molecular formula is C29H33Cl2N3O4S. The van der Waals surface area contributed by atoms with Crippen molar-refractivity contribution in [3.63, 3.8) is 0 Å². The Bertz CT molecular complexity index is 1430. The van der Waals surface area contributed by atoms with Gasteiger partial charge in [-0.25, -0.2) is 8.42 Å². The second-order valence-electron chi connectivity index (χ2n) is 9.35. The summed E-state index contributed by atoms with van der Waals surface area (Å²) in [7, 11) is -3.85. The van der Waals surface area contributed by atoms with Gasteiger partial charge in [0.15, 0.2) is 0 Å². The molecule has 0 aliphatic rings. The molecule has 3 rings (SSSR count). The molecule has 0 heterocycles. The first-order valence-corrected chi connectivity index (χ1v) is 15.1. The standard InChI is InChI=1S/C29H33Cl2N3O4S/c1-5-32-29(36)27(16-22-11-7-6-8-12-22)33(18-23-14-15-24(30)17-25(23)31)28(35)19-34(39(4,37)38)26-13-9-10-20(2)21(26)3/h6-15,17,27H,5,16,18-19H2,1-4H3,(H,32,36)/t27-/m0/s1. The molecule has 7 nitrogen and oxygen atoms in total. The summed E-state index contributed by atoms with van der Waals surface area (Å²) in [5, 5.41) is 3.60. The predicted octanol–water partition coefficient (Wildman–Crippen LogP) is 5.15. The van der Waals surface area contributed by atoms with Crippen LogP contribution < -0.4 is 9.62 Å². The Morgan fingerprint density at radius 3 is 2.28 bits per heavy atom. The number of carbonyl (C=O) groups excluding carboxylic acids is 2. The van der Waals surface area contributed by atoms with Gasteiger partial charge in [0.05, 0.1) is 11.9 Å². The topological polar surface area (TPSA) is 86.8 Å². The monoisotopic (exact) mass is 589 g/mol. The number of sulfonamides is 1. The summed E-state index contributed by atoms with van der Waals surface area (Å²) in [6, 6.07) is 18.6. The fraction of sp³-hybridized carbons (Fsp3) is 0.310. The number of hydrogen-bond donors (Lipinski definition) is 1. The van der Waals surface area contributed by atoms with Gasteiger partial charge in [0.25, 0.3) is 0 Å². The minimum Gasteiger partial charge on any atom is -0.355 e. The van der Waals surface area contributed by atoms with E-state index in [4.69, 9.17) is 23.2 Å². The molecule has 10 heteroatoms. The molecule has 39 heavy (non-hydrogen) atoms. The highest BCUT2D eigenvalue weighted by atomic mass is 35.5. The second-order valence-corrected chi connectivity index (χ2v) is 12.1. The van der Waals surface area contributed by atoms with Gasteiger partial charge in [-0.05, 0) is 61.2 Å². The molecular weight excluding hydrogens is 557 g/mol. The molecule has 208 valence electrons. The third-order valence-electron chi connectivity index (χ3n) is 6.50. The number of likely N-dealkylation sites (N-methyl/N-ethyl adjacent to an activating group) is 1. The quantitative estimate of drug-likeness (QED) is 0.335. The van der Waals surface area contributed by atoms with Gasteiger partial charge in [0.1, 0.15) is 12.6 Å². The van der Waals surface area contributed by atoms with Crippen molar-refractivity contribution in [2.45, 2.75) is 39.8 Å². The van der Waals surface area contributed by atoms with Crippen LogP contribution in [0.2, 0.25) is 10.0 Å². The molecule has 0 bridgehead atoms. The van der Waals surface area contributed by atoms with Crippen molar-refractivity contribution in [3.8, 4) is 0 Å². The number of halogens is 2. The number of amides is 2. The summed E-state index contributed by atoms with van der Waals surface area (Å²) in [6.45, 7) is 5.34. The van der Waals surface area contributed by atoms with E-state index in [1.54, 1.807) is 37.3 Å². The SMILES string of the molecule is CCNC(=O)[C@H](Cc1ccccc1)N(Cc1ccc(Cl)cc1Cl)C(=O)CN(c1cccc(C)c1C)S(C)(=O)=O. The molecule has 0 unspecified atom stereocenters. The third-order valence-corrected chi connectivity index (χ3v) is 8.22. The minimum atomic E-state index is -3.85. The van der Waals surface area contributed by atoms with Crippen molar-refractivity contribution in [2.24, 2.45) is 0 Å². The van der Waals surface area contributed by atoms with Crippen molar-refractivity contribution in [3.05, 3.63) is 99.0 Å². The fourth-order valence-corrected chi connectivity index (χ4v) is 5.65. The minimum absolute atomic E-state index is 0.0200. The Balaban J connectivity index is 2.09. The van der Waals surface area contributed by atoms with Gasteiger partial charge < -0.3 is 10.2 Å². The maximum atomic E-state index is 14.1. The van der Waals surface area contributed by atoms with Gasteiger partial charge in [-0.2, -0.15) is 0 Å². The smallest absolute Gasteiger partial charge is 0.244 e. The van der Waals surface area contributed by atoms with Crippen LogP contribution in [0.3, 0.4) is 0 Å². The van der Waals surface area contributed by atoms with Crippen molar-refractivity contribution in [1.29, 1.82) is 0 Å². The zero-order valence-corrected chi connectivity index (χ0v) is 24.8. The molecule has 2 amide bonds. The van der Waals surface area contributed by atoms with Gasteiger partial charge in [0.2, 0.25) is 21.8 Å². The lowest BCUT2D eigenvalue weighted by Gasteiger charge is -2.34. The van der Waals surface area contributed by atoms with E-state index in [9.17, 15) is 18.0 Å². The lowest BCUT2D eigenvalue weighted by atomic mass is 10.0. The summed E-state index contributed by atoms with van der Waals surface area (Å²) in [6.07, 6.45) is 1.29. The molecule has 0 spiro atoms. The van der Waals surface area contributed by atoms with Gasteiger partial charge in [0, 0.05) is 29.6 Å². The molecule has 3 aromatic carbocycles. The Labute approximate surface area is 240 Å². The van der Waals surface area contributed by atoms with Crippen LogP contribution in [0.5, 0.6) is 0 Å². The molecule has 1 atom stereocenters. The first kappa shape index (κ1) is 30.5. The summed E-state index contributed by atoms with van der Waals surface area (Å²) in [4.78, 5) is 28.8. The lowest BCUT2D eigenvalue weighted by molar-refractivity contribution is -0.140. The zero-order chi connectivity index (χ0) is 28.7. The van der Waals surface area contributed by atoms with Crippen LogP contribution in [0.1, 0.15) is 29.2 Å². The normalized spacial score (nSPS) is 12.1. The van der Waals surface area contributed by atoms with Crippen LogP contribution in [-0.2, 0) is 32.6 Å². The maximum Gasteiger partial charge on any atom is 0.244 e. The Kier molecular flexibility index (Phi) is 10.4. The third kappa shape index (κ3) is 7.97. The van der Waals surface area contributed by atoms with E-state index >= 15 is 0 Å². The van der Waals surface area contributed by atoms with Gasteiger partial charge in [-0.1, -0.05) is 71.7 Å². The molecule has 0 saturated carbocycles. The molecule has 0 saturated heterocycles. The van der Waals surface area contributed by atoms with Crippen molar-refractivity contribution >= 4 is 50.7 Å². The molecule has 1 N–H and O–H groups in total. The van der Waals surface area contributed by atoms with Gasteiger partial charge in [-0.3, -0.25) is 13.9 Å². The highest BCUT2D eigenvalue weighted by Gasteiger charge is 2.33. The number of aryl methyl sites for hydroxylation is 1. The predicted molar refractivity (Wildman–Crippen MR) is 158 cm³/mol. The Morgan fingerprint density at radius 1 is 0.974 bits per heavy atom. The molecule has 3 aromatic rings. The van der Waals surface area contributed by atoms with E-state index in [2.05, 4.69) is 5.32 Å². The molecule has 0 aliphatic carbocycles. The van der Waals surface area contributed by atoms with Crippen LogP contribution >= 0.6 is 23.2 Å². The Morgan fingerprint density at radius 2 is 1.67 bits per heavy atom. The van der Waals surface area contributed by atoms with Crippen molar-refractivity contribution < 1.29 is 18.0 Å². The van der Waals surface area contributed by atoms with E-state index in [0.29, 0.717) is 27.8 Å². The van der Waals surface area contributed by atoms with Crippen LogP contribution in [0.15, 0.2) is 66.7 Å². The van der Waals surface area contributed by atoms with E-state index < -0.39 is 28.5 Å². The largest absolute Gasteiger partial charge is 0.355 e. The number of rotatable bonds is 11. The summed E-state index contributed by atoms with van der Waals surface area (Å²) >= 11 is 12.6. The average Bonchev–Trinajstić information content (AvgIpc) is 2.87. The highest BCUT2D eigenvalue weighted by Crippen LogP contribution is 2.27. The van der Waals surface area contributed by atoms with Crippen LogP contribution in [-0.4, -0.2) is 50.5 Å². The first-order valence-electron chi connectivity index (χ1n) is 12.5. The summed E-state index contributed by atoms with van der Waals surface area (Å²) in [5.41, 5.74) is 3.47. The number of nitrogens with one attached hydrogen (secondary N) is 1. The number of carbonyl (C=O) groups is 2. The Hall–Kier alpha value is -3.07. The van der Waals surface area contributed by atoms with Gasteiger partial charge in [-0.15, -0.1) is 0 Å². The lowest BCUT2D eigenvalue weighted by Crippen LogP contribution is -2.53. The van der Waals surface area contributed by atoms with Crippen LogP contribution in [0.4, 0.5) is 5.69 Å². The number of benzene rings is 3. The molecule has 0 aliphatic heterocycles. The fourth-order valence-electron chi connectivity index (χ4n) is 4.28. The van der Waals surface area contributed by atoms with Crippen molar-refractivity contribution in [1.82, 2.24) is 10.2 Å². The van der Waals surface area contributed by atoms with E-state index in [1.165, 1.54) is 4.90 Å². The van der Waals surface area contributed by atoms with E-state index in [1.807, 2.05) is 50.2 Å². The van der Waals surface area contributed by atoms with E-state index in [-0.39, 0.29) is 18.9 Å². The summed E-state index contributed by atoms with van der Waals surface area (Å²) < 4.78 is 27.0. The first-order chi connectivity index (χ1) is 18.4. The zero-order valence-electron chi connectivity index (χ0n) is 22.4. The van der Waals surface area contributed by atoms with E-state index in [0.717, 1.165) is 27.3 Å². The van der Waals surface area contributed by atoms with Gasteiger partial charge >= 0.3 is 0 Å². The summed E-state index contributed by atoms with van der Waals surface area (Å²) in [5.74, 6) is -0.892. The highest BCUT2D eigenvalue weighted by molar-refractivity contribution is 7.92.